The lowest BCUT2D eigenvalue weighted by atomic mass is 9.89. The largest absolute Gasteiger partial charge is 0.299 e. The average Bonchev–Trinajstić information content (AvgIpc) is 2.70. The van der Waals surface area contributed by atoms with E-state index in [1.54, 1.807) is 0 Å². The smallest absolute Gasteiger partial charge is 0.233 e. The Balaban J connectivity index is 2.17. The summed E-state index contributed by atoms with van der Waals surface area (Å²) in [4.78, 5) is 36.7. The Morgan fingerprint density at radius 1 is 1.19 bits per heavy atom. The molecule has 0 aromatic rings. The number of nitrogens with zero attached hydrogens (tertiary/aromatic N) is 1. The minimum atomic E-state index is -0.370. The van der Waals surface area contributed by atoms with Gasteiger partial charge in [-0.05, 0) is 26.7 Å². The monoisotopic (exact) mass is 223 g/mol. The molecule has 0 spiro atoms. The Bertz CT molecular complexity index is 348. The second-order valence-electron chi connectivity index (χ2n) is 4.97. The van der Waals surface area contributed by atoms with Gasteiger partial charge in [-0.1, -0.05) is 0 Å². The quantitative estimate of drug-likeness (QED) is 0.660. The predicted octanol–water partition coefficient (Wildman–Crippen LogP) is 1.14. The summed E-state index contributed by atoms with van der Waals surface area (Å²) < 4.78 is 0. The first kappa shape index (κ1) is 11.3. The molecule has 0 bridgehead atoms. The lowest BCUT2D eigenvalue weighted by Crippen LogP contribution is -2.38. The number of Topliss-reactive ketones (excluding diaryl/α,β-unsaturated/α-hetero) is 1. The molecule has 2 fully saturated rings. The van der Waals surface area contributed by atoms with Crippen LogP contribution < -0.4 is 0 Å². The summed E-state index contributed by atoms with van der Waals surface area (Å²) in [5.74, 6) is -0.660. The number of carbonyl (C=O) groups excluding carboxylic acids is 3. The van der Waals surface area contributed by atoms with Crippen molar-refractivity contribution in [3.63, 3.8) is 0 Å². The van der Waals surface area contributed by atoms with Crippen molar-refractivity contribution in [2.24, 2.45) is 11.8 Å². The third-order valence-corrected chi connectivity index (χ3v) is 3.57. The zero-order chi connectivity index (χ0) is 11.9. The summed E-state index contributed by atoms with van der Waals surface area (Å²) in [5.41, 5.74) is 0. The van der Waals surface area contributed by atoms with Gasteiger partial charge < -0.3 is 0 Å². The molecule has 1 aliphatic heterocycles. The molecule has 2 aliphatic rings. The number of carbonyl (C=O) groups is 3. The molecule has 2 atom stereocenters. The minimum Gasteiger partial charge on any atom is -0.299 e. The second-order valence-corrected chi connectivity index (χ2v) is 4.97. The van der Waals surface area contributed by atoms with Crippen molar-refractivity contribution in [1.29, 1.82) is 0 Å². The van der Waals surface area contributed by atoms with Crippen molar-refractivity contribution in [2.45, 2.75) is 45.6 Å². The Morgan fingerprint density at radius 3 is 2.31 bits per heavy atom. The molecule has 2 amide bonds. The van der Waals surface area contributed by atoms with Gasteiger partial charge >= 0.3 is 0 Å². The van der Waals surface area contributed by atoms with Crippen LogP contribution in [0.1, 0.15) is 39.5 Å². The van der Waals surface area contributed by atoms with Gasteiger partial charge in [0.1, 0.15) is 5.78 Å². The Labute approximate surface area is 95.0 Å². The van der Waals surface area contributed by atoms with Gasteiger partial charge in [0.2, 0.25) is 11.8 Å². The van der Waals surface area contributed by atoms with Crippen LogP contribution in [0.3, 0.4) is 0 Å². The van der Waals surface area contributed by atoms with Gasteiger partial charge in [0.15, 0.2) is 0 Å². The van der Waals surface area contributed by atoms with Gasteiger partial charge in [0.05, 0.1) is 5.92 Å². The van der Waals surface area contributed by atoms with Crippen LogP contribution in [0.5, 0.6) is 0 Å². The van der Waals surface area contributed by atoms with Crippen molar-refractivity contribution in [3.05, 3.63) is 0 Å². The highest BCUT2D eigenvalue weighted by Crippen LogP contribution is 2.35. The molecule has 16 heavy (non-hydrogen) atoms. The van der Waals surface area contributed by atoms with Crippen LogP contribution >= 0.6 is 0 Å². The van der Waals surface area contributed by atoms with Gasteiger partial charge in [-0.25, -0.2) is 0 Å². The zero-order valence-electron chi connectivity index (χ0n) is 9.73. The van der Waals surface area contributed by atoms with E-state index in [9.17, 15) is 14.4 Å². The second kappa shape index (κ2) is 4.00. The molecule has 0 aromatic carbocycles. The SMILES string of the molecule is CC(C)N1C(=O)CC(C2CCCC2=O)C1=O. The van der Waals surface area contributed by atoms with Crippen LogP contribution in [0.2, 0.25) is 0 Å². The first-order chi connectivity index (χ1) is 7.52. The molecule has 0 N–H and O–H groups in total. The highest BCUT2D eigenvalue weighted by atomic mass is 16.2. The van der Waals surface area contributed by atoms with Gasteiger partial charge in [0, 0.05) is 24.8 Å². The molecular formula is C12H17NO3. The van der Waals surface area contributed by atoms with E-state index < -0.39 is 0 Å². The van der Waals surface area contributed by atoms with Gasteiger partial charge in [-0.15, -0.1) is 0 Å². The van der Waals surface area contributed by atoms with Crippen LogP contribution in [-0.2, 0) is 14.4 Å². The fourth-order valence-corrected chi connectivity index (χ4v) is 2.80. The normalized spacial score (nSPS) is 30.9. The van der Waals surface area contributed by atoms with Crippen LogP contribution in [0, 0.1) is 11.8 Å². The standard InChI is InChI=1S/C12H17NO3/c1-7(2)13-11(15)6-9(12(13)16)8-4-3-5-10(8)14/h7-9H,3-6H2,1-2H3. The molecule has 1 heterocycles. The van der Waals surface area contributed by atoms with Crippen LogP contribution in [-0.4, -0.2) is 28.5 Å². The molecule has 4 nitrogen and oxygen atoms in total. The third-order valence-electron chi connectivity index (χ3n) is 3.57. The zero-order valence-corrected chi connectivity index (χ0v) is 9.73. The van der Waals surface area contributed by atoms with E-state index >= 15 is 0 Å². The van der Waals surface area contributed by atoms with E-state index in [0.29, 0.717) is 6.42 Å². The lowest BCUT2D eigenvalue weighted by molar-refractivity contribution is -0.142. The van der Waals surface area contributed by atoms with E-state index in [4.69, 9.17) is 0 Å². The number of amides is 2. The summed E-state index contributed by atoms with van der Waals surface area (Å²) in [6.07, 6.45) is 2.44. The number of imide groups is 1. The highest BCUT2D eigenvalue weighted by molar-refractivity contribution is 6.06. The number of rotatable bonds is 2. The average molecular weight is 223 g/mol. The summed E-state index contributed by atoms with van der Waals surface area (Å²) >= 11 is 0. The molecule has 2 rings (SSSR count). The third kappa shape index (κ3) is 1.66. The maximum Gasteiger partial charge on any atom is 0.233 e. The number of ketones is 1. The van der Waals surface area contributed by atoms with Crippen molar-refractivity contribution in [3.8, 4) is 0 Å². The van der Waals surface area contributed by atoms with E-state index in [0.717, 1.165) is 12.8 Å². The molecule has 88 valence electrons. The fourth-order valence-electron chi connectivity index (χ4n) is 2.80. The van der Waals surface area contributed by atoms with E-state index in [1.807, 2.05) is 13.8 Å². The van der Waals surface area contributed by atoms with Gasteiger partial charge in [-0.3, -0.25) is 19.3 Å². The molecule has 0 radical (unpaired) electrons. The van der Waals surface area contributed by atoms with Crippen LogP contribution in [0.15, 0.2) is 0 Å². The topological polar surface area (TPSA) is 54.5 Å². The molecule has 1 aliphatic carbocycles. The maximum absolute atomic E-state index is 12.0. The molecule has 4 heteroatoms. The Kier molecular flexibility index (Phi) is 2.82. The lowest BCUT2D eigenvalue weighted by Gasteiger charge is -2.20. The summed E-state index contributed by atoms with van der Waals surface area (Å²) in [5, 5.41) is 0. The van der Waals surface area contributed by atoms with E-state index in [2.05, 4.69) is 0 Å². The van der Waals surface area contributed by atoms with Crippen molar-refractivity contribution in [2.75, 3.05) is 0 Å². The van der Waals surface area contributed by atoms with Crippen LogP contribution in [0.4, 0.5) is 0 Å². The molecule has 2 unspecified atom stereocenters. The maximum atomic E-state index is 12.0. The Hall–Kier alpha value is -1.19. The molecule has 1 saturated heterocycles. The molecular weight excluding hydrogens is 206 g/mol. The minimum absolute atomic E-state index is 0.0958. The van der Waals surface area contributed by atoms with Gasteiger partial charge in [0.25, 0.3) is 0 Å². The van der Waals surface area contributed by atoms with Crippen molar-refractivity contribution < 1.29 is 14.4 Å². The number of likely N-dealkylation sites (tertiary alicyclic amines) is 1. The van der Waals surface area contributed by atoms with Crippen LogP contribution in [0.25, 0.3) is 0 Å². The van der Waals surface area contributed by atoms with E-state index in [1.165, 1.54) is 4.90 Å². The summed E-state index contributed by atoms with van der Waals surface area (Å²) in [6, 6.07) is -0.0958. The first-order valence-electron chi connectivity index (χ1n) is 5.91. The predicted molar refractivity (Wildman–Crippen MR) is 57.4 cm³/mol. The molecule has 1 saturated carbocycles. The summed E-state index contributed by atoms with van der Waals surface area (Å²) in [7, 11) is 0. The first-order valence-corrected chi connectivity index (χ1v) is 5.91. The van der Waals surface area contributed by atoms with Crippen molar-refractivity contribution >= 4 is 17.6 Å². The van der Waals surface area contributed by atoms with Crippen molar-refractivity contribution in [1.82, 2.24) is 4.90 Å². The highest BCUT2D eigenvalue weighted by Gasteiger charge is 2.46. The number of hydrogen-bond donors (Lipinski definition) is 0. The summed E-state index contributed by atoms with van der Waals surface area (Å²) in [6.45, 7) is 3.66. The number of hydrogen-bond acceptors (Lipinski definition) is 3. The van der Waals surface area contributed by atoms with E-state index in [-0.39, 0.29) is 41.9 Å². The van der Waals surface area contributed by atoms with Gasteiger partial charge in [-0.2, -0.15) is 0 Å². The molecule has 0 aromatic heterocycles. The fraction of sp³-hybridized carbons (Fsp3) is 0.750. The Morgan fingerprint density at radius 2 is 1.88 bits per heavy atom.